The zero-order chi connectivity index (χ0) is 13.5. The summed E-state index contributed by atoms with van der Waals surface area (Å²) in [5.41, 5.74) is 4.73. The largest absolute Gasteiger partial charge is 0.419 e. The summed E-state index contributed by atoms with van der Waals surface area (Å²) in [7, 11) is 0. The molecule has 0 aliphatic rings. The Morgan fingerprint density at radius 1 is 1.28 bits per heavy atom. The van der Waals surface area contributed by atoms with E-state index >= 15 is 0 Å². The minimum atomic E-state index is -4.73. The van der Waals surface area contributed by atoms with Gasteiger partial charge in [-0.3, -0.25) is 0 Å². The van der Waals surface area contributed by atoms with Crippen molar-refractivity contribution >= 4 is 16.5 Å². The molecule has 2 aromatic rings. The van der Waals surface area contributed by atoms with Crippen molar-refractivity contribution < 1.29 is 17.6 Å². The number of thiazole rings is 1. The smallest absolute Gasteiger partial charge is 0.375 e. The number of alkyl halides is 3. The molecule has 7 heteroatoms. The van der Waals surface area contributed by atoms with E-state index in [1.165, 1.54) is 17.4 Å². The van der Waals surface area contributed by atoms with Gasteiger partial charge in [-0.1, -0.05) is 0 Å². The number of aromatic nitrogens is 1. The lowest BCUT2D eigenvalue weighted by Gasteiger charge is -2.09. The van der Waals surface area contributed by atoms with Gasteiger partial charge in [0.2, 0.25) is 0 Å². The maximum absolute atomic E-state index is 13.1. The van der Waals surface area contributed by atoms with E-state index in [4.69, 9.17) is 5.73 Å². The van der Waals surface area contributed by atoms with Crippen molar-refractivity contribution in [1.29, 1.82) is 0 Å². The molecule has 0 atom stereocenters. The van der Waals surface area contributed by atoms with E-state index in [0.717, 1.165) is 12.1 Å². The predicted molar refractivity (Wildman–Crippen MR) is 61.7 cm³/mol. The Hall–Kier alpha value is -1.63. The number of nitrogens with zero attached hydrogens (tertiary/aromatic N) is 1. The maximum atomic E-state index is 13.1. The molecular weight excluding hydrogens is 268 g/mol. The highest BCUT2D eigenvalue weighted by Crippen LogP contribution is 2.36. The number of benzene rings is 1. The second-order valence-corrected chi connectivity index (χ2v) is 4.88. The average Bonchev–Trinajstić information content (AvgIpc) is 2.57. The van der Waals surface area contributed by atoms with E-state index in [1.807, 2.05) is 0 Å². The van der Waals surface area contributed by atoms with Crippen LogP contribution in [-0.2, 0) is 6.18 Å². The van der Waals surface area contributed by atoms with Gasteiger partial charge in [0, 0.05) is 10.4 Å². The lowest BCUT2D eigenvalue weighted by molar-refractivity contribution is -0.139. The van der Waals surface area contributed by atoms with Crippen LogP contribution >= 0.6 is 11.3 Å². The number of rotatable bonds is 1. The molecule has 96 valence electrons. The number of nitrogen functional groups attached to an aromatic ring is 1. The van der Waals surface area contributed by atoms with Crippen molar-refractivity contribution in [3.63, 3.8) is 0 Å². The number of hydrogen-bond acceptors (Lipinski definition) is 3. The SMILES string of the molecule is Cc1sc(N)nc1-c1ccc(F)c(C(F)(F)F)c1. The first-order valence-electron chi connectivity index (χ1n) is 4.89. The van der Waals surface area contributed by atoms with Gasteiger partial charge in [-0.2, -0.15) is 13.2 Å². The number of anilines is 1. The summed E-state index contributed by atoms with van der Waals surface area (Å²) >= 11 is 1.17. The molecule has 0 radical (unpaired) electrons. The van der Waals surface area contributed by atoms with E-state index in [9.17, 15) is 17.6 Å². The van der Waals surface area contributed by atoms with E-state index < -0.39 is 17.6 Å². The Kier molecular flexibility index (Phi) is 3.02. The van der Waals surface area contributed by atoms with Crippen LogP contribution < -0.4 is 5.73 Å². The highest BCUT2D eigenvalue weighted by Gasteiger charge is 2.34. The Morgan fingerprint density at radius 3 is 2.44 bits per heavy atom. The van der Waals surface area contributed by atoms with Crippen LogP contribution in [0, 0.1) is 12.7 Å². The van der Waals surface area contributed by atoms with Gasteiger partial charge in [-0.05, 0) is 25.1 Å². The van der Waals surface area contributed by atoms with Crippen LogP contribution in [0.2, 0.25) is 0 Å². The lowest BCUT2D eigenvalue weighted by atomic mass is 10.1. The van der Waals surface area contributed by atoms with E-state index in [1.54, 1.807) is 6.92 Å². The quantitative estimate of drug-likeness (QED) is 0.803. The summed E-state index contributed by atoms with van der Waals surface area (Å²) in [6.45, 7) is 1.69. The fourth-order valence-electron chi connectivity index (χ4n) is 1.57. The van der Waals surface area contributed by atoms with Gasteiger partial charge in [-0.25, -0.2) is 9.37 Å². The standard InChI is InChI=1S/C11H8F4N2S/c1-5-9(17-10(16)18-5)6-2-3-8(12)7(4-6)11(13,14)15/h2-4H,1H3,(H2,16,17). The molecule has 1 aromatic heterocycles. The van der Waals surface area contributed by atoms with Crippen LogP contribution in [0.4, 0.5) is 22.7 Å². The van der Waals surface area contributed by atoms with Crippen molar-refractivity contribution in [1.82, 2.24) is 4.98 Å². The van der Waals surface area contributed by atoms with E-state index in [2.05, 4.69) is 4.98 Å². The van der Waals surface area contributed by atoms with Crippen LogP contribution in [0.5, 0.6) is 0 Å². The Labute approximate surface area is 104 Å². The highest BCUT2D eigenvalue weighted by molar-refractivity contribution is 7.15. The number of aryl methyl sites for hydroxylation is 1. The van der Waals surface area contributed by atoms with Crippen LogP contribution in [0.15, 0.2) is 18.2 Å². The van der Waals surface area contributed by atoms with Crippen molar-refractivity contribution in [3.8, 4) is 11.3 Å². The summed E-state index contributed by atoms with van der Waals surface area (Å²) in [5.74, 6) is -1.30. The molecule has 0 aliphatic heterocycles. The van der Waals surface area contributed by atoms with Crippen LogP contribution in [0.1, 0.15) is 10.4 Å². The molecule has 0 bridgehead atoms. The minimum Gasteiger partial charge on any atom is -0.375 e. The molecule has 0 fully saturated rings. The molecule has 0 saturated heterocycles. The average molecular weight is 276 g/mol. The maximum Gasteiger partial charge on any atom is 0.419 e. The molecule has 18 heavy (non-hydrogen) atoms. The number of nitrogens with two attached hydrogens (primary N) is 1. The van der Waals surface area contributed by atoms with Gasteiger partial charge in [0.15, 0.2) is 5.13 Å². The molecule has 0 unspecified atom stereocenters. The molecule has 1 heterocycles. The van der Waals surface area contributed by atoms with Crippen LogP contribution in [-0.4, -0.2) is 4.98 Å². The topological polar surface area (TPSA) is 38.9 Å². The Bertz CT molecular complexity index is 589. The van der Waals surface area contributed by atoms with Gasteiger partial charge >= 0.3 is 6.18 Å². The molecule has 0 aliphatic carbocycles. The molecule has 2 rings (SSSR count). The fourth-order valence-corrected chi connectivity index (χ4v) is 2.29. The third-order valence-electron chi connectivity index (χ3n) is 2.36. The summed E-state index contributed by atoms with van der Waals surface area (Å²) < 4.78 is 50.8. The molecule has 0 spiro atoms. The summed E-state index contributed by atoms with van der Waals surface area (Å²) in [4.78, 5) is 4.63. The van der Waals surface area contributed by atoms with Gasteiger partial charge in [0.25, 0.3) is 0 Å². The normalized spacial score (nSPS) is 11.8. The molecule has 2 N–H and O–H groups in total. The van der Waals surface area contributed by atoms with E-state index in [0.29, 0.717) is 10.6 Å². The highest BCUT2D eigenvalue weighted by atomic mass is 32.1. The second-order valence-electron chi connectivity index (χ2n) is 3.65. The van der Waals surface area contributed by atoms with E-state index in [-0.39, 0.29) is 10.7 Å². The van der Waals surface area contributed by atoms with Gasteiger partial charge in [-0.15, -0.1) is 11.3 Å². The van der Waals surface area contributed by atoms with Crippen LogP contribution in [0.25, 0.3) is 11.3 Å². The third kappa shape index (κ3) is 2.31. The monoisotopic (exact) mass is 276 g/mol. The second kappa shape index (κ2) is 4.24. The lowest BCUT2D eigenvalue weighted by Crippen LogP contribution is -2.08. The van der Waals surface area contributed by atoms with Crippen molar-refractivity contribution in [3.05, 3.63) is 34.5 Å². The fraction of sp³-hybridized carbons (Fsp3) is 0.182. The van der Waals surface area contributed by atoms with Gasteiger partial charge in [0.1, 0.15) is 5.82 Å². The Morgan fingerprint density at radius 2 is 1.94 bits per heavy atom. The molecule has 2 nitrogen and oxygen atoms in total. The van der Waals surface area contributed by atoms with Gasteiger partial charge < -0.3 is 5.73 Å². The third-order valence-corrected chi connectivity index (χ3v) is 3.16. The van der Waals surface area contributed by atoms with Crippen molar-refractivity contribution in [2.24, 2.45) is 0 Å². The van der Waals surface area contributed by atoms with Crippen LogP contribution in [0.3, 0.4) is 0 Å². The van der Waals surface area contributed by atoms with Crippen molar-refractivity contribution in [2.75, 3.05) is 5.73 Å². The predicted octanol–water partition coefficient (Wildman–Crippen LogP) is 3.86. The first kappa shape index (κ1) is 12.8. The molecule has 0 saturated carbocycles. The first-order chi connectivity index (χ1) is 8.29. The minimum absolute atomic E-state index is 0.203. The number of hydrogen-bond donors (Lipinski definition) is 1. The first-order valence-corrected chi connectivity index (χ1v) is 5.70. The molecular formula is C11H8F4N2S. The summed E-state index contributed by atoms with van der Waals surface area (Å²) in [5, 5.41) is 0.264. The zero-order valence-corrected chi connectivity index (χ0v) is 9.99. The zero-order valence-electron chi connectivity index (χ0n) is 9.18. The molecule has 1 aromatic carbocycles. The van der Waals surface area contributed by atoms with Crippen molar-refractivity contribution in [2.45, 2.75) is 13.1 Å². The number of halogens is 4. The summed E-state index contributed by atoms with van der Waals surface area (Å²) in [6.07, 6.45) is -4.73. The summed E-state index contributed by atoms with van der Waals surface area (Å²) in [6, 6.07) is 2.79. The van der Waals surface area contributed by atoms with Gasteiger partial charge in [0.05, 0.1) is 11.3 Å². The molecule has 0 amide bonds. The Balaban J connectivity index is 2.57.